The third kappa shape index (κ3) is 4.16. The van der Waals surface area contributed by atoms with E-state index < -0.39 is 9.84 Å². The number of benzene rings is 3. The molecule has 128 valence electrons. The number of ether oxygens (including phenoxy) is 1. The molecule has 0 aromatic heterocycles. The first kappa shape index (κ1) is 17.0. The highest BCUT2D eigenvalue weighted by Crippen LogP contribution is 2.23. The Balaban J connectivity index is 1.65. The van der Waals surface area contributed by atoms with Crippen molar-refractivity contribution >= 4 is 32.2 Å². The summed E-state index contributed by atoms with van der Waals surface area (Å²) in [6, 6.07) is 19.4. The molecule has 1 N–H and O–H groups in total. The van der Waals surface area contributed by atoms with E-state index >= 15 is 0 Å². The minimum Gasteiger partial charge on any atom is -0.484 e. The van der Waals surface area contributed by atoms with E-state index in [2.05, 4.69) is 5.32 Å². The second-order valence-electron chi connectivity index (χ2n) is 5.61. The molecule has 3 aromatic carbocycles. The van der Waals surface area contributed by atoms with Crippen LogP contribution in [0.2, 0.25) is 0 Å². The first-order chi connectivity index (χ1) is 11.9. The van der Waals surface area contributed by atoms with Crippen molar-refractivity contribution in [3.63, 3.8) is 0 Å². The summed E-state index contributed by atoms with van der Waals surface area (Å²) in [5.74, 6) is 0.143. The lowest BCUT2D eigenvalue weighted by molar-refractivity contribution is -0.118. The third-order valence-corrected chi connectivity index (χ3v) is 4.81. The third-order valence-electron chi connectivity index (χ3n) is 3.69. The van der Waals surface area contributed by atoms with E-state index in [1.54, 1.807) is 0 Å². The zero-order chi connectivity index (χ0) is 17.9. The summed E-state index contributed by atoms with van der Waals surface area (Å²) in [6.07, 6.45) is 1.14. The van der Waals surface area contributed by atoms with Crippen molar-refractivity contribution in [2.45, 2.75) is 4.90 Å². The summed E-state index contributed by atoms with van der Waals surface area (Å²) in [6.45, 7) is -0.165. The largest absolute Gasteiger partial charge is 0.484 e. The van der Waals surface area contributed by atoms with Crippen molar-refractivity contribution in [1.82, 2.24) is 0 Å². The molecule has 0 unspecified atom stereocenters. The van der Waals surface area contributed by atoms with E-state index in [9.17, 15) is 13.2 Å². The number of rotatable bonds is 5. The lowest BCUT2D eigenvalue weighted by Gasteiger charge is -2.10. The monoisotopic (exact) mass is 355 g/mol. The molecule has 6 heteroatoms. The Morgan fingerprint density at radius 2 is 1.64 bits per heavy atom. The lowest BCUT2D eigenvalue weighted by atomic mass is 10.1. The highest BCUT2D eigenvalue weighted by atomic mass is 32.2. The Morgan fingerprint density at radius 1 is 0.960 bits per heavy atom. The van der Waals surface area contributed by atoms with Crippen LogP contribution in [0.5, 0.6) is 5.75 Å². The number of carbonyl (C=O) groups excluding carboxylic acids is 1. The molecule has 1 amide bonds. The SMILES string of the molecule is CS(=O)(=O)c1ccc(OCC(=O)Nc2cccc3ccccc23)cc1. The van der Waals surface area contributed by atoms with Gasteiger partial charge in [-0.1, -0.05) is 36.4 Å². The summed E-state index contributed by atoms with van der Waals surface area (Å²) in [5, 5.41) is 4.82. The van der Waals surface area contributed by atoms with Crippen molar-refractivity contribution in [2.75, 3.05) is 18.2 Å². The van der Waals surface area contributed by atoms with E-state index in [4.69, 9.17) is 4.74 Å². The van der Waals surface area contributed by atoms with E-state index in [0.717, 1.165) is 22.7 Å². The predicted molar refractivity (Wildman–Crippen MR) is 97.6 cm³/mol. The number of hydrogen-bond acceptors (Lipinski definition) is 4. The fourth-order valence-corrected chi connectivity index (χ4v) is 3.08. The van der Waals surface area contributed by atoms with Gasteiger partial charge in [-0.25, -0.2) is 8.42 Å². The lowest BCUT2D eigenvalue weighted by Crippen LogP contribution is -2.20. The van der Waals surface area contributed by atoms with Gasteiger partial charge in [0.25, 0.3) is 5.91 Å². The summed E-state index contributed by atoms with van der Waals surface area (Å²) in [5.41, 5.74) is 0.721. The summed E-state index contributed by atoms with van der Waals surface area (Å²) >= 11 is 0. The number of anilines is 1. The first-order valence-corrected chi connectivity index (χ1v) is 9.53. The molecule has 5 nitrogen and oxygen atoms in total. The minimum atomic E-state index is -3.25. The Labute approximate surface area is 146 Å². The molecule has 0 bridgehead atoms. The molecule has 0 aliphatic carbocycles. The average Bonchev–Trinajstić information content (AvgIpc) is 2.60. The second-order valence-corrected chi connectivity index (χ2v) is 7.62. The molecule has 3 rings (SSSR count). The van der Waals surface area contributed by atoms with Gasteiger partial charge in [0.15, 0.2) is 16.4 Å². The minimum absolute atomic E-state index is 0.165. The highest BCUT2D eigenvalue weighted by molar-refractivity contribution is 7.90. The highest BCUT2D eigenvalue weighted by Gasteiger charge is 2.09. The van der Waals surface area contributed by atoms with Gasteiger partial charge in [-0.3, -0.25) is 4.79 Å². The van der Waals surface area contributed by atoms with E-state index in [1.807, 2.05) is 42.5 Å². The van der Waals surface area contributed by atoms with Crippen molar-refractivity contribution in [3.05, 3.63) is 66.7 Å². The van der Waals surface area contributed by atoms with Gasteiger partial charge in [0.1, 0.15) is 5.75 Å². The van der Waals surface area contributed by atoms with Crippen LogP contribution in [0, 0.1) is 0 Å². The predicted octanol–water partition coefficient (Wildman–Crippen LogP) is 3.26. The van der Waals surface area contributed by atoms with E-state index in [-0.39, 0.29) is 17.4 Å². The second kappa shape index (κ2) is 6.94. The molecule has 0 fully saturated rings. The van der Waals surface area contributed by atoms with Crippen LogP contribution in [0.15, 0.2) is 71.6 Å². The van der Waals surface area contributed by atoms with Gasteiger partial charge >= 0.3 is 0 Å². The Bertz CT molecular complexity index is 1010. The maximum absolute atomic E-state index is 12.1. The molecule has 0 heterocycles. The molecule has 0 aliphatic heterocycles. The van der Waals surface area contributed by atoms with Crippen LogP contribution in [0.3, 0.4) is 0 Å². The number of fused-ring (bicyclic) bond motifs is 1. The summed E-state index contributed by atoms with van der Waals surface area (Å²) in [7, 11) is -3.25. The first-order valence-electron chi connectivity index (χ1n) is 7.64. The molecule has 25 heavy (non-hydrogen) atoms. The van der Waals surface area contributed by atoms with Gasteiger partial charge in [-0.2, -0.15) is 0 Å². The van der Waals surface area contributed by atoms with Gasteiger partial charge in [0.05, 0.1) is 4.90 Å². The van der Waals surface area contributed by atoms with Gasteiger partial charge in [0, 0.05) is 17.3 Å². The van der Waals surface area contributed by atoms with Crippen LogP contribution in [0.4, 0.5) is 5.69 Å². The van der Waals surface area contributed by atoms with Crippen LogP contribution < -0.4 is 10.1 Å². The van der Waals surface area contributed by atoms with E-state index in [1.165, 1.54) is 24.3 Å². The molecule has 0 saturated heterocycles. The maximum atomic E-state index is 12.1. The molecule has 0 radical (unpaired) electrons. The van der Waals surface area contributed by atoms with Crippen molar-refractivity contribution in [1.29, 1.82) is 0 Å². The van der Waals surface area contributed by atoms with Crippen molar-refractivity contribution < 1.29 is 17.9 Å². The van der Waals surface area contributed by atoms with Crippen LogP contribution in [-0.4, -0.2) is 27.2 Å². The number of sulfone groups is 1. The smallest absolute Gasteiger partial charge is 0.262 e. The van der Waals surface area contributed by atoms with Gasteiger partial charge in [0.2, 0.25) is 0 Å². The fraction of sp³-hybridized carbons (Fsp3) is 0.105. The molecule has 0 saturated carbocycles. The van der Waals surface area contributed by atoms with Crippen LogP contribution in [0.1, 0.15) is 0 Å². The number of nitrogens with one attached hydrogen (secondary N) is 1. The van der Waals surface area contributed by atoms with Crippen molar-refractivity contribution in [3.8, 4) is 5.75 Å². The molecular weight excluding hydrogens is 338 g/mol. The molecular formula is C19H17NO4S. The topological polar surface area (TPSA) is 72.5 Å². The molecule has 0 atom stereocenters. The van der Waals surface area contributed by atoms with Crippen molar-refractivity contribution in [2.24, 2.45) is 0 Å². The normalized spacial score (nSPS) is 11.2. The average molecular weight is 355 g/mol. The zero-order valence-electron chi connectivity index (χ0n) is 13.6. The Hall–Kier alpha value is -2.86. The van der Waals surface area contributed by atoms with Gasteiger partial charge < -0.3 is 10.1 Å². The Kier molecular flexibility index (Phi) is 4.72. The quantitative estimate of drug-likeness (QED) is 0.762. The van der Waals surface area contributed by atoms with Crippen LogP contribution >= 0.6 is 0 Å². The number of hydrogen-bond donors (Lipinski definition) is 1. The van der Waals surface area contributed by atoms with Gasteiger partial charge in [-0.15, -0.1) is 0 Å². The van der Waals surface area contributed by atoms with Crippen LogP contribution in [0.25, 0.3) is 10.8 Å². The molecule has 0 aliphatic rings. The van der Waals surface area contributed by atoms with Gasteiger partial charge in [-0.05, 0) is 35.7 Å². The van der Waals surface area contributed by atoms with Crippen LogP contribution in [-0.2, 0) is 14.6 Å². The Morgan fingerprint density at radius 3 is 2.36 bits per heavy atom. The maximum Gasteiger partial charge on any atom is 0.262 e. The number of carbonyl (C=O) groups is 1. The fourth-order valence-electron chi connectivity index (χ4n) is 2.45. The molecule has 3 aromatic rings. The number of amides is 1. The zero-order valence-corrected chi connectivity index (χ0v) is 14.4. The summed E-state index contributed by atoms with van der Waals surface area (Å²) in [4.78, 5) is 12.3. The standard InChI is InChI=1S/C19H17NO4S/c1-25(22,23)16-11-9-15(10-12-16)24-13-19(21)20-18-8-4-6-14-5-2-3-7-17(14)18/h2-12H,13H2,1H3,(H,20,21). The molecule has 0 spiro atoms. The summed E-state index contributed by atoms with van der Waals surface area (Å²) < 4.78 is 28.2. The van der Waals surface area contributed by atoms with E-state index in [0.29, 0.717) is 5.75 Å².